The molecule has 1 aromatic carbocycles. The third-order valence-electron chi connectivity index (χ3n) is 3.55. The number of nitrogens with one attached hydrogen (secondary N) is 1. The third-order valence-corrected chi connectivity index (χ3v) is 3.55. The van der Waals surface area contributed by atoms with Crippen molar-refractivity contribution in [1.29, 1.82) is 0 Å². The van der Waals surface area contributed by atoms with Crippen LogP contribution < -0.4 is 5.32 Å². The van der Waals surface area contributed by atoms with Gasteiger partial charge in [-0.05, 0) is 24.3 Å². The van der Waals surface area contributed by atoms with Gasteiger partial charge in [-0.15, -0.1) is 10.2 Å². The smallest absolute Gasteiger partial charge is 0.345 e. The van der Waals surface area contributed by atoms with Crippen molar-refractivity contribution in [3.8, 4) is 0 Å². The number of benzene rings is 1. The zero-order chi connectivity index (χ0) is 18.7. The minimum atomic E-state index is -4.56. The molecule has 1 N–H and O–H groups in total. The molecule has 0 bridgehead atoms. The van der Waals surface area contributed by atoms with Crippen LogP contribution in [0.4, 0.5) is 17.6 Å². The highest BCUT2D eigenvalue weighted by Gasteiger charge is 2.34. The van der Waals surface area contributed by atoms with E-state index in [-0.39, 0.29) is 23.6 Å². The van der Waals surface area contributed by atoms with Gasteiger partial charge in [-0.2, -0.15) is 13.2 Å². The van der Waals surface area contributed by atoms with Gasteiger partial charge < -0.3 is 5.32 Å². The van der Waals surface area contributed by atoms with E-state index in [1.807, 2.05) is 0 Å². The van der Waals surface area contributed by atoms with Crippen LogP contribution in [0.2, 0.25) is 0 Å². The van der Waals surface area contributed by atoms with Crippen molar-refractivity contribution < 1.29 is 22.4 Å². The van der Waals surface area contributed by atoms with Crippen molar-refractivity contribution >= 4 is 17.6 Å². The number of alkyl halides is 3. The molecule has 9 heteroatoms. The second-order valence-electron chi connectivity index (χ2n) is 5.30. The van der Waals surface area contributed by atoms with Crippen LogP contribution in [-0.4, -0.2) is 20.5 Å². The molecule has 3 aromatic rings. The summed E-state index contributed by atoms with van der Waals surface area (Å²) < 4.78 is 53.5. The number of hydrogen-bond donors (Lipinski definition) is 1. The largest absolute Gasteiger partial charge is 0.420 e. The fraction of sp³-hybridized carbons (Fsp3) is 0.118. The maximum absolute atomic E-state index is 13.5. The van der Waals surface area contributed by atoms with E-state index in [4.69, 9.17) is 0 Å². The number of rotatable bonds is 4. The molecule has 26 heavy (non-hydrogen) atoms. The van der Waals surface area contributed by atoms with E-state index < -0.39 is 23.5 Å². The van der Waals surface area contributed by atoms with Gasteiger partial charge in [0, 0.05) is 17.8 Å². The number of pyridine rings is 1. The Kier molecular flexibility index (Phi) is 4.70. The van der Waals surface area contributed by atoms with Crippen molar-refractivity contribution in [2.24, 2.45) is 0 Å². The van der Waals surface area contributed by atoms with E-state index in [1.165, 1.54) is 36.5 Å². The van der Waals surface area contributed by atoms with Crippen LogP contribution in [0.15, 0.2) is 48.7 Å². The normalized spacial score (nSPS) is 12.0. The number of halogens is 4. The highest BCUT2D eigenvalue weighted by molar-refractivity contribution is 5.91. The van der Waals surface area contributed by atoms with Crippen molar-refractivity contribution in [3.05, 3.63) is 71.4 Å². The molecule has 0 aliphatic carbocycles. The summed E-state index contributed by atoms with van der Waals surface area (Å²) in [5.41, 5.74) is -1.01. The van der Waals surface area contributed by atoms with E-state index in [2.05, 4.69) is 15.5 Å². The fourth-order valence-corrected chi connectivity index (χ4v) is 2.31. The highest BCUT2D eigenvalue weighted by atomic mass is 19.4. The number of carbonyl (C=O) groups excluding carboxylic acids is 1. The Morgan fingerprint density at radius 1 is 1.15 bits per heavy atom. The van der Waals surface area contributed by atoms with Gasteiger partial charge in [-0.1, -0.05) is 18.2 Å². The summed E-state index contributed by atoms with van der Waals surface area (Å²) in [5.74, 6) is -0.879. The second-order valence-corrected chi connectivity index (χ2v) is 5.30. The van der Waals surface area contributed by atoms with Gasteiger partial charge >= 0.3 is 6.18 Å². The summed E-state index contributed by atoms with van der Waals surface area (Å²) in [6.07, 6.45) is -0.753. The summed E-state index contributed by atoms with van der Waals surface area (Å²) in [4.78, 5) is 11.8. The van der Waals surface area contributed by atoms with Crippen LogP contribution in [0.5, 0.6) is 0 Å². The van der Waals surface area contributed by atoms with Crippen LogP contribution in [0.3, 0.4) is 0 Å². The van der Waals surface area contributed by atoms with Gasteiger partial charge in [0.2, 0.25) is 5.91 Å². The molecule has 1 amide bonds. The van der Waals surface area contributed by atoms with Crippen molar-refractivity contribution in [3.63, 3.8) is 0 Å². The fourth-order valence-electron chi connectivity index (χ4n) is 2.31. The summed E-state index contributed by atoms with van der Waals surface area (Å²) in [6.45, 7) is -0.136. The Balaban J connectivity index is 1.72. The average molecular weight is 364 g/mol. The van der Waals surface area contributed by atoms with E-state index in [0.717, 1.165) is 16.5 Å². The first-order chi connectivity index (χ1) is 12.4. The monoisotopic (exact) mass is 364 g/mol. The van der Waals surface area contributed by atoms with E-state index in [9.17, 15) is 22.4 Å². The first kappa shape index (κ1) is 17.6. The van der Waals surface area contributed by atoms with E-state index >= 15 is 0 Å². The molecule has 0 fully saturated rings. The molecule has 0 unspecified atom stereocenters. The zero-order valence-corrected chi connectivity index (χ0v) is 13.2. The molecule has 134 valence electrons. The number of carbonyl (C=O) groups is 1. The highest BCUT2D eigenvalue weighted by Crippen LogP contribution is 2.31. The van der Waals surface area contributed by atoms with Gasteiger partial charge in [-0.3, -0.25) is 9.20 Å². The van der Waals surface area contributed by atoms with Crippen molar-refractivity contribution in [1.82, 2.24) is 19.9 Å². The predicted octanol–water partition coefficient (Wildman–Crippen LogP) is 3.22. The minimum Gasteiger partial charge on any atom is -0.345 e. The van der Waals surface area contributed by atoms with E-state index in [1.54, 1.807) is 6.07 Å². The predicted molar refractivity (Wildman–Crippen MR) is 85.3 cm³/mol. The molecule has 3 rings (SSSR count). The Labute approximate surface area is 145 Å². The van der Waals surface area contributed by atoms with Gasteiger partial charge in [-0.25, -0.2) is 4.39 Å². The van der Waals surface area contributed by atoms with Crippen molar-refractivity contribution in [2.75, 3.05) is 0 Å². The quantitative estimate of drug-likeness (QED) is 0.571. The molecule has 0 saturated heterocycles. The number of nitrogens with zero attached hydrogens (tertiary/aromatic N) is 3. The summed E-state index contributed by atoms with van der Waals surface area (Å²) in [6, 6.07) is 8.05. The minimum absolute atomic E-state index is 0.136. The topological polar surface area (TPSA) is 59.3 Å². The molecule has 0 spiro atoms. The number of aromatic nitrogens is 3. The van der Waals surface area contributed by atoms with Gasteiger partial charge in [0.1, 0.15) is 11.4 Å². The molecule has 0 atom stereocenters. The molecular formula is C17H12F4N4O. The first-order valence-corrected chi connectivity index (χ1v) is 7.46. The van der Waals surface area contributed by atoms with Crippen LogP contribution >= 0.6 is 0 Å². The third kappa shape index (κ3) is 3.71. The van der Waals surface area contributed by atoms with Gasteiger partial charge in [0.25, 0.3) is 0 Å². The maximum Gasteiger partial charge on any atom is 0.420 e. The molecule has 0 aliphatic rings. The van der Waals surface area contributed by atoms with Crippen LogP contribution in [0.25, 0.3) is 11.7 Å². The number of fused-ring (bicyclic) bond motifs is 1. The molecule has 0 radical (unpaired) electrons. The van der Waals surface area contributed by atoms with Crippen LogP contribution in [-0.2, 0) is 17.5 Å². The maximum atomic E-state index is 13.5. The Morgan fingerprint density at radius 2 is 1.92 bits per heavy atom. The SMILES string of the molecule is O=C(/C=C/c1ccccc1F)NCc1nnc2c(C(F)(F)F)cccn12. The second kappa shape index (κ2) is 6.95. The van der Waals surface area contributed by atoms with Gasteiger partial charge in [0.05, 0.1) is 6.54 Å². The number of hydrogen-bond acceptors (Lipinski definition) is 3. The lowest BCUT2D eigenvalue weighted by Crippen LogP contribution is -2.21. The molecular weight excluding hydrogens is 352 g/mol. The lowest BCUT2D eigenvalue weighted by atomic mass is 10.2. The number of amides is 1. The Bertz CT molecular complexity index is 978. The molecule has 0 saturated carbocycles. The Hall–Kier alpha value is -3.23. The summed E-state index contributed by atoms with van der Waals surface area (Å²) in [5, 5.41) is 9.70. The Morgan fingerprint density at radius 3 is 2.65 bits per heavy atom. The van der Waals surface area contributed by atoms with Crippen molar-refractivity contribution in [2.45, 2.75) is 12.7 Å². The van der Waals surface area contributed by atoms with Crippen LogP contribution in [0, 0.1) is 5.82 Å². The van der Waals surface area contributed by atoms with Gasteiger partial charge in [0.15, 0.2) is 11.5 Å². The summed E-state index contributed by atoms with van der Waals surface area (Å²) >= 11 is 0. The summed E-state index contributed by atoms with van der Waals surface area (Å²) in [7, 11) is 0. The average Bonchev–Trinajstić information content (AvgIpc) is 3.01. The first-order valence-electron chi connectivity index (χ1n) is 7.46. The molecule has 5 nitrogen and oxygen atoms in total. The standard InChI is InChI=1S/C17H12F4N4O/c18-13-6-2-1-4-11(13)7-8-15(26)22-10-14-23-24-16-12(17(19,20)21)5-3-9-25(14)16/h1-9H,10H2,(H,22,26)/b8-7+. The molecule has 0 aliphatic heterocycles. The molecule has 2 heterocycles. The van der Waals surface area contributed by atoms with Crippen LogP contribution in [0.1, 0.15) is 17.0 Å². The van der Waals surface area contributed by atoms with E-state index in [0.29, 0.717) is 0 Å². The lowest BCUT2D eigenvalue weighted by Gasteiger charge is -2.07. The zero-order valence-electron chi connectivity index (χ0n) is 13.2. The molecule has 2 aromatic heterocycles. The lowest BCUT2D eigenvalue weighted by molar-refractivity contribution is -0.136.